The van der Waals surface area contributed by atoms with Crippen molar-refractivity contribution in [2.75, 3.05) is 38.1 Å². The fourth-order valence-corrected chi connectivity index (χ4v) is 2.81. The highest BCUT2D eigenvalue weighted by atomic mass is 16.6. The van der Waals surface area contributed by atoms with E-state index in [2.05, 4.69) is 20.4 Å². The first-order chi connectivity index (χ1) is 13.0. The van der Waals surface area contributed by atoms with Crippen LogP contribution in [0.1, 0.15) is 15.9 Å². The summed E-state index contributed by atoms with van der Waals surface area (Å²) < 4.78 is 0. The van der Waals surface area contributed by atoms with Gasteiger partial charge >= 0.3 is 0 Å². The van der Waals surface area contributed by atoms with Gasteiger partial charge in [0, 0.05) is 50.2 Å². The molecular formula is C18H20N6O3. The predicted molar refractivity (Wildman–Crippen MR) is 102 cm³/mol. The number of likely N-dealkylation sites (N-methyl/N-ethyl adjacent to an activating group) is 1. The molecule has 3 rings (SSSR count). The van der Waals surface area contributed by atoms with Crippen molar-refractivity contribution < 1.29 is 9.72 Å². The number of carbonyl (C=O) groups excluding carboxylic acids is 1. The van der Waals surface area contributed by atoms with Crippen LogP contribution < -0.4 is 10.3 Å². The van der Waals surface area contributed by atoms with Gasteiger partial charge in [0.25, 0.3) is 11.6 Å². The molecule has 0 radical (unpaired) electrons. The first-order valence-electron chi connectivity index (χ1n) is 8.50. The summed E-state index contributed by atoms with van der Waals surface area (Å²) in [5.74, 6) is -0.400. The third-order valence-electron chi connectivity index (χ3n) is 4.34. The van der Waals surface area contributed by atoms with E-state index in [0.29, 0.717) is 16.8 Å². The van der Waals surface area contributed by atoms with E-state index in [0.717, 1.165) is 26.2 Å². The van der Waals surface area contributed by atoms with Crippen molar-refractivity contribution in [1.82, 2.24) is 15.3 Å². The molecule has 2 aromatic rings. The van der Waals surface area contributed by atoms with E-state index in [1.54, 1.807) is 30.5 Å². The van der Waals surface area contributed by atoms with Gasteiger partial charge in [0.15, 0.2) is 0 Å². The largest absolute Gasteiger partial charge is 0.363 e. The second-order valence-electron chi connectivity index (χ2n) is 6.24. The lowest BCUT2D eigenvalue weighted by Crippen LogP contribution is -2.44. The first kappa shape index (κ1) is 18.5. The van der Waals surface area contributed by atoms with Gasteiger partial charge < -0.3 is 9.80 Å². The number of amides is 1. The Labute approximate surface area is 156 Å². The maximum absolute atomic E-state index is 11.9. The monoisotopic (exact) mass is 368 g/mol. The van der Waals surface area contributed by atoms with Crippen molar-refractivity contribution in [2.24, 2.45) is 5.10 Å². The number of nitrogens with one attached hydrogen (secondary N) is 1. The van der Waals surface area contributed by atoms with Gasteiger partial charge in [-0.3, -0.25) is 19.9 Å². The van der Waals surface area contributed by atoms with Gasteiger partial charge in [-0.15, -0.1) is 0 Å². The molecule has 1 N–H and O–H groups in total. The SMILES string of the molecule is CN1CCN(c2ccc(/C=N/NC(=O)c3cccnc3)cc2[N+](=O)[O-])CC1. The maximum Gasteiger partial charge on any atom is 0.293 e. The van der Waals surface area contributed by atoms with Gasteiger partial charge in [0.1, 0.15) is 5.69 Å². The van der Waals surface area contributed by atoms with E-state index < -0.39 is 5.91 Å². The van der Waals surface area contributed by atoms with Gasteiger partial charge in [-0.1, -0.05) is 6.07 Å². The molecule has 0 aliphatic carbocycles. The van der Waals surface area contributed by atoms with E-state index >= 15 is 0 Å². The Balaban J connectivity index is 1.72. The quantitative estimate of drug-likeness (QED) is 0.487. The normalized spacial score (nSPS) is 15.1. The minimum atomic E-state index is -0.400. The number of aromatic nitrogens is 1. The highest BCUT2D eigenvalue weighted by Crippen LogP contribution is 2.29. The number of benzene rings is 1. The summed E-state index contributed by atoms with van der Waals surface area (Å²) in [7, 11) is 2.03. The van der Waals surface area contributed by atoms with Gasteiger partial charge in [-0.2, -0.15) is 5.10 Å². The Kier molecular flexibility index (Phi) is 5.72. The van der Waals surface area contributed by atoms with E-state index in [1.807, 2.05) is 11.9 Å². The van der Waals surface area contributed by atoms with Crippen LogP contribution >= 0.6 is 0 Å². The van der Waals surface area contributed by atoms with Gasteiger partial charge in [0.05, 0.1) is 16.7 Å². The van der Waals surface area contributed by atoms with Crippen LogP contribution in [0, 0.1) is 10.1 Å². The van der Waals surface area contributed by atoms with Crippen LogP contribution in [0.25, 0.3) is 0 Å². The van der Waals surface area contributed by atoms with Gasteiger partial charge in [-0.25, -0.2) is 5.43 Å². The van der Waals surface area contributed by atoms with Crippen molar-refractivity contribution >= 4 is 23.5 Å². The molecule has 1 fully saturated rings. The van der Waals surface area contributed by atoms with Crippen molar-refractivity contribution in [1.29, 1.82) is 0 Å². The predicted octanol–water partition coefficient (Wildman–Crippen LogP) is 1.51. The zero-order valence-corrected chi connectivity index (χ0v) is 14.9. The molecule has 27 heavy (non-hydrogen) atoms. The number of hydrogen-bond acceptors (Lipinski definition) is 7. The number of piperazine rings is 1. The van der Waals surface area contributed by atoms with Crippen LogP contribution in [-0.2, 0) is 0 Å². The highest BCUT2D eigenvalue weighted by Gasteiger charge is 2.22. The molecule has 0 bridgehead atoms. The summed E-state index contributed by atoms with van der Waals surface area (Å²) >= 11 is 0. The molecule has 9 nitrogen and oxygen atoms in total. The molecule has 1 aliphatic heterocycles. The number of hydrogen-bond donors (Lipinski definition) is 1. The minimum absolute atomic E-state index is 0.0297. The molecule has 1 aliphatic rings. The van der Waals surface area contributed by atoms with E-state index in [4.69, 9.17) is 0 Å². The lowest BCUT2D eigenvalue weighted by molar-refractivity contribution is -0.384. The lowest BCUT2D eigenvalue weighted by atomic mass is 10.1. The molecule has 2 heterocycles. The smallest absolute Gasteiger partial charge is 0.293 e. The Morgan fingerprint density at radius 2 is 2.07 bits per heavy atom. The minimum Gasteiger partial charge on any atom is -0.363 e. The van der Waals surface area contributed by atoms with Crippen molar-refractivity contribution in [3.8, 4) is 0 Å². The van der Waals surface area contributed by atoms with Crippen LogP contribution in [0.5, 0.6) is 0 Å². The number of rotatable bonds is 5. The fraction of sp³-hybridized carbons (Fsp3) is 0.278. The number of anilines is 1. The second kappa shape index (κ2) is 8.37. The molecule has 9 heteroatoms. The summed E-state index contributed by atoms with van der Waals surface area (Å²) in [5.41, 5.74) is 3.93. The molecule has 1 aromatic carbocycles. The van der Waals surface area contributed by atoms with Crippen molar-refractivity contribution in [3.05, 3.63) is 64.0 Å². The third kappa shape index (κ3) is 4.64. The molecule has 0 unspecified atom stereocenters. The van der Waals surface area contributed by atoms with Gasteiger partial charge in [0.2, 0.25) is 0 Å². The Morgan fingerprint density at radius 1 is 1.30 bits per heavy atom. The first-order valence-corrected chi connectivity index (χ1v) is 8.50. The molecule has 1 amide bonds. The molecule has 0 spiro atoms. The fourth-order valence-electron chi connectivity index (χ4n) is 2.81. The number of carbonyl (C=O) groups is 1. The van der Waals surface area contributed by atoms with Crippen LogP contribution in [-0.4, -0.2) is 60.2 Å². The van der Waals surface area contributed by atoms with Crippen LogP contribution in [0.2, 0.25) is 0 Å². The Hall–Kier alpha value is -3.33. The molecular weight excluding hydrogens is 348 g/mol. The molecule has 1 aromatic heterocycles. The topological polar surface area (TPSA) is 104 Å². The summed E-state index contributed by atoms with van der Waals surface area (Å²) in [5, 5.41) is 15.4. The zero-order chi connectivity index (χ0) is 19.2. The summed E-state index contributed by atoms with van der Waals surface area (Å²) in [6.07, 6.45) is 4.39. The number of nitrogens with zero attached hydrogens (tertiary/aromatic N) is 5. The van der Waals surface area contributed by atoms with Crippen molar-refractivity contribution in [2.45, 2.75) is 0 Å². The number of nitro benzene ring substituents is 1. The third-order valence-corrected chi connectivity index (χ3v) is 4.34. The average Bonchev–Trinajstić information content (AvgIpc) is 2.69. The molecule has 140 valence electrons. The summed E-state index contributed by atoms with van der Waals surface area (Å²) in [6.45, 7) is 3.21. The highest BCUT2D eigenvalue weighted by molar-refractivity contribution is 5.94. The van der Waals surface area contributed by atoms with Crippen LogP contribution in [0.3, 0.4) is 0 Å². The Morgan fingerprint density at radius 3 is 2.74 bits per heavy atom. The van der Waals surface area contributed by atoms with Gasteiger partial charge in [-0.05, 0) is 25.2 Å². The van der Waals surface area contributed by atoms with E-state index in [-0.39, 0.29) is 10.6 Å². The van der Waals surface area contributed by atoms with E-state index in [9.17, 15) is 14.9 Å². The van der Waals surface area contributed by atoms with Crippen LogP contribution in [0.15, 0.2) is 47.8 Å². The number of pyridine rings is 1. The summed E-state index contributed by atoms with van der Waals surface area (Å²) in [4.78, 5) is 31.1. The molecule has 1 saturated heterocycles. The Bertz CT molecular complexity index is 847. The standard InChI is InChI=1S/C18H20N6O3/c1-22-7-9-23(10-8-22)16-5-4-14(11-17(16)24(26)27)12-20-21-18(25)15-3-2-6-19-13-15/h2-6,11-13H,7-10H2,1H3,(H,21,25)/b20-12+. The molecule has 0 atom stereocenters. The maximum atomic E-state index is 11.9. The van der Waals surface area contributed by atoms with Crippen LogP contribution in [0.4, 0.5) is 11.4 Å². The van der Waals surface area contributed by atoms with E-state index in [1.165, 1.54) is 18.5 Å². The summed E-state index contributed by atoms with van der Waals surface area (Å²) in [6, 6.07) is 8.22. The lowest BCUT2D eigenvalue weighted by Gasteiger charge is -2.33. The second-order valence-corrected chi connectivity index (χ2v) is 6.24. The number of nitro groups is 1. The average molecular weight is 368 g/mol. The zero-order valence-electron chi connectivity index (χ0n) is 14.9. The van der Waals surface area contributed by atoms with Crippen molar-refractivity contribution in [3.63, 3.8) is 0 Å². The number of hydrazone groups is 1. The molecule has 0 saturated carbocycles.